The highest BCUT2D eigenvalue weighted by Gasteiger charge is 2.22. The van der Waals surface area contributed by atoms with Crippen LogP contribution in [0.1, 0.15) is 24.9 Å². The highest BCUT2D eigenvalue weighted by atomic mass is 19.1. The quantitative estimate of drug-likeness (QED) is 0.857. The first kappa shape index (κ1) is 14.0. The minimum Gasteiger partial charge on any atom is -0.392 e. The third-order valence-corrected chi connectivity index (χ3v) is 3.36. The van der Waals surface area contributed by atoms with Gasteiger partial charge in [-0.15, -0.1) is 0 Å². The van der Waals surface area contributed by atoms with Gasteiger partial charge in [0.05, 0.1) is 18.7 Å². The summed E-state index contributed by atoms with van der Waals surface area (Å²) in [4.78, 5) is 13.8. The number of rotatable bonds is 4. The van der Waals surface area contributed by atoms with Gasteiger partial charge in [0.1, 0.15) is 5.82 Å². The van der Waals surface area contributed by atoms with Crippen LogP contribution in [0.15, 0.2) is 24.3 Å². The molecule has 0 radical (unpaired) electrons. The number of nitrogens with one attached hydrogen (secondary N) is 1. The van der Waals surface area contributed by atoms with Gasteiger partial charge in [0.25, 0.3) is 0 Å². The molecule has 0 saturated carbocycles. The largest absolute Gasteiger partial charge is 0.392 e. The number of benzene rings is 1. The second-order valence-corrected chi connectivity index (χ2v) is 5.02. The molecule has 4 nitrogen and oxygen atoms in total. The molecule has 1 aromatic rings. The number of aliphatic hydroxyl groups is 1. The van der Waals surface area contributed by atoms with E-state index in [1.54, 1.807) is 12.1 Å². The molecule has 0 aromatic heterocycles. The maximum atomic E-state index is 12.8. The SMILES string of the molecule is CC(NC(=O)CN1CC[C@H](O)C1)c1ccc(F)cc1. The van der Waals surface area contributed by atoms with Crippen LogP contribution in [-0.2, 0) is 4.79 Å². The lowest BCUT2D eigenvalue weighted by molar-refractivity contribution is -0.122. The number of aliphatic hydroxyl groups excluding tert-OH is 1. The van der Waals surface area contributed by atoms with Gasteiger partial charge >= 0.3 is 0 Å². The molecule has 1 aliphatic heterocycles. The van der Waals surface area contributed by atoms with Crippen LogP contribution in [0.3, 0.4) is 0 Å². The Morgan fingerprint density at radius 1 is 1.53 bits per heavy atom. The summed E-state index contributed by atoms with van der Waals surface area (Å²) in [7, 11) is 0. The molecule has 2 atom stereocenters. The maximum absolute atomic E-state index is 12.8. The van der Waals surface area contributed by atoms with E-state index >= 15 is 0 Å². The standard InChI is InChI=1S/C14H19FN2O2/c1-10(11-2-4-12(15)5-3-11)16-14(19)9-17-7-6-13(18)8-17/h2-5,10,13,18H,6-9H2,1H3,(H,16,19)/t10?,13-/m0/s1. The molecule has 0 spiro atoms. The average molecular weight is 266 g/mol. The number of likely N-dealkylation sites (tertiary alicyclic amines) is 1. The monoisotopic (exact) mass is 266 g/mol. The lowest BCUT2D eigenvalue weighted by Gasteiger charge is -2.18. The fraction of sp³-hybridized carbons (Fsp3) is 0.500. The lowest BCUT2D eigenvalue weighted by Crippen LogP contribution is -2.37. The molecule has 1 saturated heterocycles. The van der Waals surface area contributed by atoms with Crippen LogP contribution in [0, 0.1) is 5.82 Å². The molecule has 1 amide bonds. The summed E-state index contributed by atoms with van der Waals surface area (Å²) in [6.45, 7) is 3.46. The van der Waals surface area contributed by atoms with Crippen LogP contribution in [0.4, 0.5) is 4.39 Å². The summed E-state index contributed by atoms with van der Waals surface area (Å²) in [6, 6.07) is 5.95. The Labute approximate surface area is 112 Å². The summed E-state index contributed by atoms with van der Waals surface area (Å²) in [6.07, 6.45) is 0.406. The molecule has 1 unspecified atom stereocenters. The van der Waals surface area contributed by atoms with E-state index in [2.05, 4.69) is 5.32 Å². The molecule has 2 N–H and O–H groups in total. The van der Waals surface area contributed by atoms with Crippen molar-refractivity contribution >= 4 is 5.91 Å². The topological polar surface area (TPSA) is 52.6 Å². The first-order chi connectivity index (χ1) is 9.04. The Bertz CT molecular complexity index is 436. The molecule has 5 heteroatoms. The minimum absolute atomic E-state index is 0.0778. The highest BCUT2D eigenvalue weighted by Crippen LogP contribution is 2.13. The number of β-amino-alcohol motifs (C(OH)–C–C–N with tert-alkyl or cyclic N) is 1. The maximum Gasteiger partial charge on any atom is 0.234 e. The number of hydrogen-bond acceptors (Lipinski definition) is 3. The van der Waals surface area contributed by atoms with Gasteiger partial charge in [-0.1, -0.05) is 12.1 Å². The van der Waals surface area contributed by atoms with E-state index in [4.69, 9.17) is 0 Å². The number of carbonyl (C=O) groups is 1. The van der Waals surface area contributed by atoms with Crippen LogP contribution in [-0.4, -0.2) is 41.7 Å². The zero-order chi connectivity index (χ0) is 13.8. The third-order valence-electron chi connectivity index (χ3n) is 3.36. The molecule has 1 fully saturated rings. The molecule has 1 aromatic carbocycles. The van der Waals surface area contributed by atoms with Gasteiger partial charge in [-0.05, 0) is 31.0 Å². The van der Waals surface area contributed by atoms with E-state index in [-0.39, 0.29) is 23.9 Å². The molecule has 19 heavy (non-hydrogen) atoms. The molecule has 104 valence electrons. The zero-order valence-electron chi connectivity index (χ0n) is 11.0. The van der Waals surface area contributed by atoms with Crippen LogP contribution in [0.2, 0.25) is 0 Å². The molecule has 1 heterocycles. The smallest absolute Gasteiger partial charge is 0.234 e. The third kappa shape index (κ3) is 4.01. The predicted molar refractivity (Wildman–Crippen MR) is 70.0 cm³/mol. The molecular formula is C14H19FN2O2. The van der Waals surface area contributed by atoms with Gasteiger partial charge in [0.2, 0.25) is 5.91 Å². The van der Waals surface area contributed by atoms with Crippen molar-refractivity contribution in [3.05, 3.63) is 35.6 Å². The summed E-state index contributed by atoms with van der Waals surface area (Å²) in [5.41, 5.74) is 0.871. The summed E-state index contributed by atoms with van der Waals surface area (Å²) >= 11 is 0. The zero-order valence-corrected chi connectivity index (χ0v) is 11.0. The van der Waals surface area contributed by atoms with Crippen LogP contribution >= 0.6 is 0 Å². The van der Waals surface area contributed by atoms with Gasteiger partial charge < -0.3 is 10.4 Å². The Morgan fingerprint density at radius 2 is 2.21 bits per heavy atom. The Kier molecular flexibility index (Phi) is 4.50. The normalized spacial score (nSPS) is 21.3. The van der Waals surface area contributed by atoms with Crippen LogP contribution in [0.25, 0.3) is 0 Å². The Balaban J connectivity index is 1.83. The fourth-order valence-corrected chi connectivity index (χ4v) is 2.28. The number of amides is 1. The van der Waals surface area contributed by atoms with Crippen molar-refractivity contribution in [2.45, 2.75) is 25.5 Å². The summed E-state index contributed by atoms with van der Waals surface area (Å²) in [5, 5.41) is 12.3. The number of hydrogen-bond donors (Lipinski definition) is 2. The van der Waals surface area contributed by atoms with E-state index < -0.39 is 0 Å². The van der Waals surface area contributed by atoms with E-state index in [9.17, 15) is 14.3 Å². The first-order valence-corrected chi connectivity index (χ1v) is 6.50. The van der Waals surface area contributed by atoms with E-state index in [0.717, 1.165) is 18.5 Å². The number of nitrogens with zero attached hydrogens (tertiary/aromatic N) is 1. The van der Waals surface area contributed by atoms with Gasteiger partial charge in [0, 0.05) is 13.1 Å². The molecule has 0 bridgehead atoms. The van der Waals surface area contributed by atoms with Crippen molar-refractivity contribution in [2.75, 3.05) is 19.6 Å². The Hall–Kier alpha value is -1.46. The van der Waals surface area contributed by atoms with Crippen molar-refractivity contribution in [2.24, 2.45) is 0 Å². The number of carbonyl (C=O) groups excluding carboxylic acids is 1. The first-order valence-electron chi connectivity index (χ1n) is 6.50. The summed E-state index contributed by atoms with van der Waals surface area (Å²) in [5.74, 6) is -0.362. The second kappa shape index (κ2) is 6.12. The van der Waals surface area contributed by atoms with Crippen molar-refractivity contribution in [1.82, 2.24) is 10.2 Å². The van der Waals surface area contributed by atoms with Gasteiger partial charge in [-0.3, -0.25) is 9.69 Å². The van der Waals surface area contributed by atoms with E-state index in [0.29, 0.717) is 13.1 Å². The van der Waals surface area contributed by atoms with Gasteiger partial charge in [-0.2, -0.15) is 0 Å². The molecular weight excluding hydrogens is 247 g/mol. The van der Waals surface area contributed by atoms with Crippen molar-refractivity contribution in [3.63, 3.8) is 0 Å². The lowest BCUT2D eigenvalue weighted by atomic mass is 10.1. The fourth-order valence-electron chi connectivity index (χ4n) is 2.28. The predicted octanol–water partition coefficient (Wildman–Crippen LogP) is 1.07. The van der Waals surface area contributed by atoms with Crippen molar-refractivity contribution in [3.8, 4) is 0 Å². The minimum atomic E-state index is -0.317. The highest BCUT2D eigenvalue weighted by molar-refractivity contribution is 5.78. The van der Waals surface area contributed by atoms with Crippen molar-refractivity contribution in [1.29, 1.82) is 0 Å². The van der Waals surface area contributed by atoms with Crippen LogP contribution in [0.5, 0.6) is 0 Å². The summed E-state index contributed by atoms with van der Waals surface area (Å²) < 4.78 is 12.8. The molecule has 1 aliphatic rings. The van der Waals surface area contributed by atoms with E-state index in [1.807, 2.05) is 11.8 Å². The van der Waals surface area contributed by atoms with Crippen LogP contribution < -0.4 is 5.32 Å². The van der Waals surface area contributed by atoms with Gasteiger partial charge in [-0.25, -0.2) is 4.39 Å². The average Bonchev–Trinajstić information content (AvgIpc) is 2.75. The van der Waals surface area contributed by atoms with Crippen molar-refractivity contribution < 1.29 is 14.3 Å². The van der Waals surface area contributed by atoms with Gasteiger partial charge in [0.15, 0.2) is 0 Å². The second-order valence-electron chi connectivity index (χ2n) is 5.02. The van der Waals surface area contributed by atoms with E-state index in [1.165, 1.54) is 12.1 Å². The Morgan fingerprint density at radius 3 is 2.79 bits per heavy atom. The molecule has 2 rings (SSSR count). The number of halogens is 1. The molecule has 0 aliphatic carbocycles.